The summed E-state index contributed by atoms with van der Waals surface area (Å²) in [6, 6.07) is 10.4. The molecule has 1 atom stereocenters. The number of nitrogens with one attached hydrogen (secondary N) is 1. The highest BCUT2D eigenvalue weighted by molar-refractivity contribution is 6.30. The first-order valence-corrected chi connectivity index (χ1v) is 6.35. The normalized spacial score (nSPS) is 12.4. The Bertz CT molecular complexity index is 535. The fraction of sp³-hybridized carbons (Fsp3) is 0.267. The van der Waals surface area contributed by atoms with Crippen LogP contribution in [-0.4, -0.2) is 12.0 Å². The van der Waals surface area contributed by atoms with Crippen LogP contribution in [-0.2, 0) is 0 Å². The average molecular weight is 261 g/mol. The van der Waals surface area contributed by atoms with Gasteiger partial charge in [0.2, 0.25) is 0 Å². The first kappa shape index (κ1) is 13.1. The predicted molar refractivity (Wildman–Crippen MR) is 76.1 cm³/mol. The number of hydrogen-bond donors (Lipinski definition) is 1. The second-order valence-corrected chi connectivity index (χ2v) is 4.90. The summed E-state index contributed by atoms with van der Waals surface area (Å²) in [5.74, 6) is 0. The number of pyridine rings is 1. The van der Waals surface area contributed by atoms with Gasteiger partial charge in [-0.25, -0.2) is 0 Å². The van der Waals surface area contributed by atoms with E-state index in [0.29, 0.717) is 5.02 Å². The van der Waals surface area contributed by atoms with E-state index in [1.54, 1.807) is 6.20 Å². The van der Waals surface area contributed by atoms with Gasteiger partial charge in [0.05, 0.1) is 16.8 Å². The van der Waals surface area contributed by atoms with Crippen molar-refractivity contribution in [3.63, 3.8) is 0 Å². The van der Waals surface area contributed by atoms with Crippen LogP contribution < -0.4 is 5.32 Å². The first-order chi connectivity index (χ1) is 8.61. The molecule has 0 radical (unpaired) electrons. The summed E-state index contributed by atoms with van der Waals surface area (Å²) in [5, 5.41) is 3.96. The topological polar surface area (TPSA) is 24.9 Å². The minimum Gasteiger partial charge on any atom is -0.308 e. The summed E-state index contributed by atoms with van der Waals surface area (Å²) >= 11 is 5.87. The molecule has 0 aliphatic rings. The van der Waals surface area contributed by atoms with Crippen molar-refractivity contribution in [1.29, 1.82) is 0 Å². The van der Waals surface area contributed by atoms with E-state index in [4.69, 9.17) is 11.6 Å². The van der Waals surface area contributed by atoms with Crippen molar-refractivity contribution in [2.75, 3.05) is 7.05 Å². The van der Waals surface area contributed by atoms with Gasteiger partial charge >= 0.3 is 0 Å². The van der Waals surface area contributed by atoms with Crippen molar-refractivity contribution in [2.24, 2.45) is 0 Å². The van der Waals surface area contributed by atoms with Crippen LogP contribution in [0.1, 0.15) is 28.4 Å². The van der Waals surface area contributed by atoms with Gasteiger partial charge in [0.15, 0.2) is 0 Å². The molecule has 3 heteroatoms. The molecule has 2 nitrogen and oxygen atoms in total. The Kier molecular flexibility index (Phi) is 4.00. The molecule has 1 unspecified atom stereocenters. The fourth-order valence-electron chi connectivity index (χ4n) is 1.99. The van der Waals surface area contributed by atoms with Gasteiger partial charge in [0, 0.05) is 6.20 Å². The maximum atomic E-state index is 5.87. The number of nitrogens with zero attached hydrogens (tertiary/aromatic N) is 1. The van der Waals surface area contributed by atoms with Gasteiger partial charge in [-0.15, -0.1) is 0 Å². The van der Waals surface area contributed by atoms with Gasteiger partial charge in [-0.05, 0) is 49.7 Å². The number of aromatic nitrogens is 1. The lowest BCUT2D eigenvalue weighted by molar-refractivity contribution is 0.670. The zero-order valence-corrected chi connectivity index (χ0v) is 11.6. The Morgan fingerprint density at radius 2 is 1.89 bits per heavy atom. The van der Waals surface area contributed by atoms with E-state index in [0.717, 1.165) is 5.69 Å². The van der Waals surface area contributed by atoms with Gasteiger partial charge in [0.25, 0.3) is 0 Å². The molecule has 0 amide bonds. The summed E-state index contributed by atoms with van der Waals surface area (Å²) in [7, 11) is 1.94. The number of rotatable bonds is 3. The van der Waals surface area contributed by atoms with E-state index in [2.05, 4.69) is 42.3 Å². The van der Waals surface area contributed by atoms with Crippen molar-refractivity contribution >= 4 is 11.6 Å². The van der Waals surface area contributed by atoms with Gasteiger partial charge in [-0.2, -0.15) is 0 Å². The molecule has 0 saturated heterocycles. The van der Waals surface area contributed by atoms with Gasteiger partial charge in [-0.3, -0.25) is 4.98 Å². The molecule has 1 N–H and O–H groups in total. The largest absolute Gasteiger partial charge is 0.308 e. The van der Waals surface area contributed by atoms with Crippen molar-refractivity contribution in [3.05, 3.63) is 63.9 Å². The SMILES string of the molecule is CNC(c1ccc(C)c(C)c1)c1ccc(Cl)cn1. The Labute approximate surface area is 113 Å². The lowest BCUT2D eigenvalue weighted by Gasteiger charge is -2.17. The van der Waals surface area contributed by atoms with Crippen LogP contribution in [0.5, 0.6) is 0 Å². The number of halogens is 1. The van der Waals surface area contributed by atoms with E-state index < -0.39 is 0 Å². The number of benzene rings is 1. The molecule has 0 spiro atoms. The third-order valence-corrected chi connectivity index (χ3v) is 3.42. The van der Waals surface area contributed by atoms with E-state index in [9.17, 15) is 0 Å². The Balaban J connectivity index is 2.38. The minimum absolute atomic E-state index is 0.0987. The maximum absolute atomic E-state index is 5.87. The van der Waals surface area contributed by atoms with Crippen LogP contribution >= 0.6 is 11.6 Å². The molecule has 0 saturated carbocycles. The second kappa shape index (κ2) is 5.51. The van der Waals surface area contributed by atoms with Gasteiger partial charge < -0.3 is 5.32 Å². The highest BCUT2D eigenvalue weighted by atomic mass is 35.5. The lowest BCUT2D eigenvalue weighted by Crippen LogP contribution is -2.19. The summed E-state index contributed by atoms with van der Waals surface area (Å²) < 4.78 is 0. The van der Waals surface area contributed by atoms with Crippen molar-refractivity contribution < 1.29 is 0 Å². The standard InChI is InChI=1S/C15H17ClN2/c1-10-4-5-12(8-11(10)2)15(17-3)14-7-6-13(16)9-18-14/h4-9,15,17H,1-3H3. The van der Waals surface area contributed by atoms with E-state index in [-0.39, 0.29) is 6.04 Å². The van der Waals surface area contributed by atoms with E-state index >= 15 is 0 Å². The molecule has 0 aliphatic carbocycles. The van der Waals surface area contributed by atoms with Gasteiger partial charge in [0.1, 0.15) is 0 Å². The van der Waals surface area contributed by atoms with Crippen molar-refractivity contribution in [2.45, 2.75) is 19.9 Å². The van der Waals surface area contributed by atoms with Crippen LogP contribution in [0.3, 0.4) is 0 Å². The third kappa shape index (κ3) is 2.71. The number of hydrogen-bond acceptors (Lipinski definition) is 2. The Morgan fingerprint density at radius 3 is 2.44 bits per heavy atom. The molecular weight excluding hydrogens is 244 g/mol. The van der Waals surface area contributed by atoms with E-state index in [1.807, 2.05) is 19.2 Å². The maximum Gasteiger partial charge on any atom is 0.0749 e. The molecule has 2 aromatic rings. The molecule has 2 rings (SSSR count). The van der Waals surface area contributed by atoms with Crippen LogP contribution in [0.15, 0.2) is 36.5 Å². The molecule has 1 aromatic carbocycles. The molecule has 1 aromatic heterocycles. The monoisotopic (exact) mass is 260 g/mol. The molecular formula is C15H17ClN2. The quantitative estimate of drug-likeness (QED) is 0.911. The summed E-state index contributed by atoms with van der Waals surface area (Å²) in [6.07, 6.45) is 1.68. The Morgan fingerprint density at radius 1 is 1.11 bits per heavy atom. The first-order valence-electron chi connectivity index (χ1n) is 5.97. The predicted octanol–water partition coefficient (Wildman–Crippen LogP) is 3.66. The van der Waals surface area contributed by atoms with Crippen molar-refractivity contribution in [3.8, 4) is 0 Å². The van der Waals surface area contributed by atoms with Crippen LogP contribution in [0.2, 0.25) is 5.02 Å². The summed E-state index contributed by atoms with van der Waals surface area (Å²) in [5.41, 5.74) is 4.79. The highest BCUT2D eigenvalue weighted by Gasteiger charge is 2.13. The molecule has 0 aliphatic heterocycles. The second-order valence-electron chi connectivity index (χ2n) is 4.47. The van der Waals surface area contributed by atoms with Crippen LogP contribution in [0.4, 0.5) is 0 Å². The number of aryl methyl sites for hydroxylation is 2. The Hall–Kier alpha value is -1.38. The van der Waals surface area contributed by atoms with Crippen LogP contribution in [0.25, 0.3) is 0 Å². The molecule has 18 heavy (non-hydrogen) atoms. The summed E-state index contributed by atoms with van der Waals surface area (Å²) in [4.78, 5) is 4.38. The molecule has 1 heterocycles. The molecule has 94 valence electrons. The third-order valence-electron chi connectivity index (χ3n) is 3.20. The van der Waals surface area contributed by atoms with E-state index in [1.165, 1.54) is 16.7 Å². The molecule has 0 bridgehead atoms. The zero-order chi connectivity index (χ0) is 13.1. The zero-order valence-electron chi connectivity index (χ0n) is 10.9. The average Bonchev–Trinajstić information content (AvgIpc) is 2.37. The summed E-state index contributed by atoms with van der Waals surface area (Å²) in [6.45, 7) is 4.24. The van der Waals surface area contributed by atoms with Crippen molar-refractivity contribution in [1.82, 2.24) is 10.3 Å². The van der Waals surface area contributed by atoms with Crippen LogP contribution in [0, 0.1) is 13.8 Å². The smallest absolute Gasteiger partial charge is 0.0749 e. The molecule has 0 fully saturated rings. The minimum atomic E-state index is 0.0987. The van der Waals surface area contributed by atoms with Gasteiger partial charge in [-0.1, -0.05) is 29.8 Å². The fourth-order valence-corrected chi connectivity index (χ4v) is 2.10. The highest BCUT2D eigenvalue weighted by Crippen LogP contribution is 2.23. The lowest BCUT2D eigenvalue weighted by atomic mass is 9.99.